The van der Waals surface area contributed by atoms with E-state index in [1.54, 1.807) is 19.9 Å². The summed E-state index contributed by atoms with van der Waals surface area (Å²) < 4.78 is 10.1. The molecule has 170 valence electrons. The third-order valence-electron chi connectivity index (χ3n) is 5.29. The van der Waals surface area contributed by atoms with E-state index in [4.69, 9.17) is 9.47 Å². The van der Waals surface area contributed by atoms with Crippen molar-refractivity contribution in [2.45, 2.75) is 45.3 Å². The van der Waals surface area contributed by atoms with Gasteiger partial charge < -0.3 is 14.4 Å². The smallest absolute Gasteiger partial charge is 0.354 e. The zero-order valence-electron chi connectivity index (χ0n) is 18.5. The van der Waals surface area contributed by atoms with Crippen LogP contribution in [0.2, 0.25) is 0 Å². The topological polar surface area (TPSA) is 84.9 Å². The predicted octanol–water partition coefficient (Wildman–Crippen LogP) is 3.15. The lowest BCUT2D eigenvalue weighted by Crippen LogP contribution is -2.51. The molecule has 1 aliphatic heterocycles. The molecule has 0 spiro atoms. The molecular weight excluding hydrogens is 428 g/mol. The molecule has 0 saturated heterocycles. The molecule has 0 saturated carbocycles. The average Bonchev–Trinajstić information content (AvgIpc) is 3.28. The SMILES string of the molecule is CCOC(=O)C(CCc1ccccc1)N[C@@H](C)C(=O)N1Cc2ccsc2C=C1C(=O)OC. The minimum atomic E-state index is -0.714. The summed E-state index contributed by atoms with van der Waals surface area (Å²) in [5, 5.41) is 5.04. The van der Waals surface area contributed by atoms with Gasteiger partial charge in [-0.2, -0.15) is 0 Å². The van der Waals surface area contributed by atoms with Gasteiger partial charge in [-0.15, -0.1) is 11.3 Å². The molecule has 1 amide bonds. The second-order valence-corrected chi connectivity index (χ2v) is 8.42. The van der Waals surface area contributed by atoms with Crippen molar-refractivity contribution in [2.24, 2.45) is 0 Å². The van der Waals surface area contributed by atoms with E-state index in [0.29, 0.717) is 12.8 Å². The van der Waals surface area contributed by atoms with Crippen LogP contribution < -0.4 is 5.32 Å². The molecule has 1 N–H and O–H groups in total. The maximum Gasteiger partial charge on any atom is 0.354 e. The first kappa shape index (κ1) is 23.7. The number of rotatable bonds is 9. The van der Waals surface area contributed by atoms with Crippen LogP contribution in [-0.2, 0) is 36.8 Å². The molecule has 1 aliphatic rings. The number of carbonyl (C=O) groups excluding carboxylic acids is 3. The van der Waals surface area contributed by atoms with Crippen LogP contribution >= 0.6 is 11.3 Å². The highest BCUT2D eigenvalue weighted by Crippen LogP contribution is 2.30. The number of nitrogens with one attached hydrogen (secondary N) is 1. The maximum absolute atomic E-state index is 13.3. The number of carbonyl (C=O) groups is 3. The Bertz CT molecular complexity index is 985. The minimum Gasteiger partial charge on any atom is -0.465 e. The van der Waals surface area contributed by atoms with Crippen LogP contribution in [0.5, 0.6) is 0 Å². The van der Waals surface area contributed by atoms with Gasteiger partial charge in [0.25, 0.3) is 0 Å². The van der Waals surface area contributed by atoms with Crippen molar-refractivity contribution in [2.75, 3.05) is 13.7 Å². The van der Waals surface area contributed by atoms with Crippen LogP contribution in [-0.4, -0.2) is 48.5 Å². The van der Waals surface area contributed by atoms with Gasteiger partial charge in [0.05, 0.1) is 26.3 Å². The normalized spacial score (nSPS) is 14.7. The molecule has 0 bridgehead atoms. The number of nitrogens with zero attached hydrogens (tertiary/aromatic N) is 1. The predicted molar refractivity (Wildman–Crippen MR) is 123 cm³/mol. The molecular formula is C24H28N2O5S. The summed E-state index contributed by atoms with van der Waals surface area (Å²) in [4.78, 5) is 40.6. The molecule has 2 heterocycles. The van der Waals surface area contributed by atoms with Crippen LogP contribution in [0.4, 0.5) is 0 Å². The molecule has 32 heavy (non-hydrogen) atoms. The van der Waals surface area contributed by atoms with E-state index in [2.05, 4.69) is 5.32 Å². The fourth-order valence-corrected chi connectivity index (χ4v) is 4.45. The Kier molecular flexibility index (Phi) is 8.19. The van der Waals surface area contributed by atoms with E-state index in [9.17, 15) is 14.4 Å². The van der Waals surface area contributed by atoms with Gasteiger partial charge in [-0.3, -0.25) is 14.9 Å². The fraction of sp³-hybridized carbons (Fsp3) is 0.375. The van der Waals surface area contributed by atoms with Gasteiger partial charge in [0.15, 0.2) is 0 Å². The number of hydrogen-bond acceptors (Lipinski definition) is 7. The van der Waals surface area contributed by atoms with E-state index in [1.807, 2.05) is 41.8 Å². The van der Waals surface area contributed by atoms with Crippen molar-refractivity contribution in [1.82, 2.24) is 10.2 Å². The molecule has 1 aromatic heterocycles. The molecule has 0 fully saturated rings. The molecule has 3 rings (SSSR count). The molecule has 2 aromatic rings. The van der Waals surface area contributed by atoms with E-state index < -0.39 is 24.0 Å². The van der Waals surface area contributed by atoms with Crippen molar-refractivity contribution in [1.29, 1.82) is 0 Å². The quantitative estimate of drug-likeness (QED) is 0.584. The first-order valence-corrected chi connectivity index (χ1v) is 11.5. The summed E-state index contributed by atoms with van der Waals surface area (Å²) in [5.41, 5.74) is 2.26. The number of benzene rings is 1. The highest BCUT2D eigenvalue weighted by molar-refractivity contribution is 7.11. The van der Waals surface area contributed by atoms with Gasteiger partial charge in [-0.1, -0.05) is 30.3 Å². The number of aryl methyl sites for hydroxylation is 1. The summed E-state index contributed by atoms with van der Waals surface area (Å²) in [7, 11) is 1.29. The van der Waals surface area contributed by atoms with Gasteiger partial charge in [0.1, 0.15) is 11.7 Å². The van der Waals surface area contributed by atoms with Crippen molar-refractivity contribution in [3.63, 3.8) is 0 Å². The lowest BCUT2D eigenvalue weighted by atomic mass is 10.0. The third-order valence-corrected chi connectivity index (χ3v) is 6.19. The number of amides is 1. The number of esters is 2. The Labute approximate surface area is 192 Å². The minimum absolute atomic E-state index is 0.193. The van der Waals surface area contributed by atoms with Crippen molar-refractivity contribution >= 4 is 35.3 Å². The van der Waals surface area contributed by atoms with Crippen LogP contribution in [0.1, 0.15) is 36.3 Å². The summed E-state index contributed by atoms with van der Waals surface area (Å²) in [6, 6.07) is 10.4. The molecule has 1 unspecified atom stereocenters. The first-order chi connectivity index (χ1) is 15.4. The Morgan fingerprint density at radius 2 is 1.94 bits per heavy atom. The van der Waals surface area contributed by atoms with Gasteiger partial charge in [0, 0.05) is 4.88 Å². The monoisotopic (exact) mass is 456 g/mol. The Balaban J connectivity index is 1.74. The number of hydrogen-bond donors (Lipinski definition) is 1. The second-order valence-electron chi connectivity index (χ2n) is 7.47. The summed E-state index contributed by atoms with van der Waals surface area (Å²) >= 11 is 1.50. The number of methoxy groups -OCH3 is 1. The largest absolute Gasteiger partial charge is 0.465 e. The van der Waals surface area contributed by atoms with Gasteiger partial charge in [0.2, 0.25) is 5.91 Å². The van der Waals surface area contributed by atoms with E-state index in [1.165, 1.54) is 23.3 Å². The van der Waals surface area contributed by atoms with Crippen LogP contribution in [0.3, 0.4) is 0 Å². The standard InChI is InChI=1S/C24H28N2O5S/c1-4-31-23(28)19(11-10-17-8-6-5-7-9-17)25-16(2)22(27)26-15-18-12-13-32-21(18)14-20(26)24(29)30-3/h5-9,12-14,16,19,25H,4,10-11,15H2,1-3H3/t16-,19?/m0/s1. The number of fused-ring (bicyclic) bond motifs is 1. The number of thiophene rings is 1. The summed E-state index contributed by atoms with van der Waals surface area (Å²) in [6.07, 6.45) is 2.82. The van der Waals surface area contributed by atoms with Gasteiger partial charge in [-0.05, 0) is 55.3 Å². The highest BCUT2D eigenvalue weighted by atomic mass is 32.1. The summed E-state index contributed by atoms with van der Waals surface area (Å²) in [6.45, 7) is 3.97. The molecule has 1 aromatic carbocycles. The zero-order chi connectivity index (χ0) is 23.1. The summed E-state index contributed by atoms with van der Waals surface area (Å²) in [5.74, 6) is -1.28. The van der Waals surface area contributed by atoms with Gasteiger partial charge >= 0.3 is 11.9 Å². The Hall–Kier alpha value is -2.97. The van der Waals surface area contributed by atoms with Crippen molar-refractivity contribution < 1.29 is 23.9 Å². The molecule has 8 heteroatoms. The number of ether oxygens (including phenoxy) is 2. The molecule has 0 radical (unpaired) electrons. The van der Waals surface area contributed by atoms with Crippen molar-refractivity contribution in [3.05, 3.63) is 63.5 Å². The second kappa shape index (κ2) is 11.1. The fourth-order valence-electron chi connectivity index (χ4n) is 3.61. The van der Waals surface area contributed by atoms with Crippen molar-refractivity contribution in [3.8, 4) is 0 Å². The lowest BCUT2D eigenvalue weighted by molar-refractivity contribution is -0.147. The third kappa shape index (κ3) is 5.63. The molecule has 0 aliphatic carbocycles. The van der Waals surface area contributed by atoms with Crippen LogP contribution in [0.15, 0.2) is 47.5 Å². The zero-order valence-corrected chi connectivity index (χ0v) is 19.3. The Morgan fingerprint density at radius 1 is 1.19 bits per heavy atom. The lowest BCUT2D eigenvalue weighted by Gasteiger charge is -2.31. The molecule has 2 atom stereocenters. The maximum atomic E-state index is 13.3. The van der Waals surface area contributed by atoms with Crippen LogP contribution in [0.25, 0.3) is 6.08 Å². The molecule has 7 nitrogen and oxygen atoms in total. The van der Waals surface area contributed by atoms with E-state index >= 15 is 0 Å². The first-order valence-electron chi connectivity index (χ1n) is 10.6. The average molecular weight is 457 g/mol. The van der Waals surface area contributed by atoms with E-state index in [0.717, 1.165) is 16.0 Å². The van der Waals surface area contributed by atoms with Gasteiger partial charge in [-0.25, -0.2) is 4.79 Å². The van der Waals surface area contributed by atoms with Crippen LogP contribution in [0, 0.1) is 0 Å². The highest BCUT2D eigenvalue weighted by Gasteiger charge is 2.33. The van der Waals surface area contributed by atoms with E-state index in [-0.39, 0.29) is 24.8 Å². The Morgan fingerprint density at radius 3 is 2.62 bits per heavy atom.